The van der Waals surface area contributed by atoms with Gasteiger partial charge in [0.05, 0.1) is 18.9 Å². The molecule has 0 aliphatic carbocycles. The topological polar surface area (TPSA) is 106 Å². The number of hydrazone groups is 1. The van der Waals surface area contributed by atoms with Gasteiger partial charge in [-0.2, -0.15) is 5.10 Å². The number of anilines is 1. The zero-order valence-electron chi connectivity index (χ0n) is 20.8. The van der Waals surface area contributed by atoms with Gasteiger partial charge in [0.15, 0.2) is 0 Å². The Morgan fingerprint density at radius 3 is 2.26 bits per heavy atom. The second kappa shape index (κ2) is 12.1. The first kappa shape index (κ1) is 25.8. The summed E-state index contributed by atoms with van der Waals surface area (Å²) in [4.78, 5) is 37.7. The highest BCUT2D eigenvalue weighted by atomic mass is 16.5. The molecule has 4 aromatic carbocycles. The number of esters is 1. The van der Waals surface area contributed by atoms with E-state index in [9.17, 15) is 14.4 Å². The Labute approximate surface area is 219 Å². The molecule has 0 radical (unpaired) electrons. The SMILES string of the molecule is COc1ccc(C(=O)Nc2cccc(C(=O)NN=Cc3ccccc3OC(=O)c3cccc(C)c3)c2)cc1. The molecule has 0 saturated heterocycles. The van der Waals surface area contributed by atoms with Gasteiger partial charge in [-0.15, -0.1) is 0 Å². The lowest BCUT2D eigenvalue weighted by Gasteiger charge is -2.08. The van der Waals surface area contributed by atoms with Crippen molar-refractivity contribution in [3.63, 3.8) is 0 Å². The molecule has 0 fully saturated rings. The summed E-state index contributed by atoms with van der Waals surface area (Å²) in [6, 6.07) is 27.1. The van der Waals surface area contributed by atoms with Crippen molar-refractivity contribution in [2.24, 2.45) is 5.10 Å². The van der Waals surface area contributed by atoms with E-state index < -0.39 is 11.9 Å². The third-order valence-electron chi connectivity index (χ3n) is 5.48. The molecule has 0 unspecified atom stereocenters. The highest BCUT2D eigenvalue weighted by Gasteiger charge is 2.12. The van der Waals surface area contributed by atoms with E-state index in [-0.39, 0.29) is 5.91 Å². The zero-order valence-corrected chi connectivity index (χ0v) is 20.8. The number of hydrogen-bond acceptors (Lipinski definition) is 6. The number of amides is 2. The van der Waals surface area contributed by atoms with Crippen LogP contribution in [0.1, 0.15) is 42.2 Å². The first-order valence-electron chi connectivity index (χ1n) is 11.7. The van der Waals surface area contributed by atoms with Crippen molar-refractivity contribution in [3.05, 3.63) is 125 Å². The lowest BCUT2D eigenvalue weighted by molar-refractivity contribution is 0.0733. The Bertz CT molecular complexity index is 1500. The van der Waals surface area contributed by atoms with Crippen LogP contribution >= 0.6 is 0 Å². The molecule has 0 spiro atoms. The smallest absolute Gasteiger partial charge is 0.343 e. The highest BCUT2D eigenvalue weighted by Crippen LogP contribution is 2.19. The number of nitrogens with one attached hydrogen (secondary N) is 2. The molecule has 2 amide bonds. The maximum absolute atomic E-state index is 12.7. The molecule has 4 rings (SSSR count). The first-order valence-corrected chi connectivity index (χ1v) is 11.7. The van der Waals surface area contributed by atoms with Crippen molar-refractivity contribution < 1.29 is 23.9 Å². The van der Waals surface area contributed by atoms with Gasteiger partial charge in [-0.25, -0.2) is 10.2 Å². The summed E-state index contributed by atoms with van der Waals surface area (Å²) in [5.74, 6) is -0.337. The standard InChI is InChI=1S/C30H25N3O5/c1-20-7-5-10-23(17-20)30(36)38-27-12-4-3-8-24(27)19-31-33-29(35)22-9-6-11-25(18-22)32-28(34)21-13-15-26(37-2)16-14-21/h3-19H,1-2H3,(H,32,34)(H,33,35). The van der Waals surface area contributed by atoms with Crippen LogP contribution in [0.2, 0.25) is 0 Å². The molecular formula is C30H25N3O5. The number of hydrogen-bond donors (Lipinski definition) is 2. The van der Waals surface area contributed by atoms with Crippen LogP contribution in [0.3, 0.4) is 0 Å². The Hall–Kier alpha value is -5.24. The van der Waals surface area contributed by atoms with Gasteiger partial charge in [0, 0.05) is 22.4 Å². The van der Waals surface area contributed by atoms with Gasteiger partial charge in [-0.1, -0.05) is 35.9 Å². The summed E-state index contributed by atoms with van der Waals surface area (Å²) in [6.45, 7) is 1.89. The minimum atomic E-state index is -0.493. The molecule has 190 valence electrons. The van der Waals surface area contributed by atoms with Gasteiger partial charge in [-0.3, -0.25) is 9.59 Å². The minimum absolute atomic E-state index is 0.300. The predicted molar refractivity (Wildman–Crippen MR) is 145 cm³/mol. The zero-order chi connectivity index (χ0) is 26.9. The average molecular weight is 508 g/mol. The number of benzene rings is 4. The van der Waals surface area contributed by atoms with Crippen LogP contribution in [-0.2, 0) is 0 Å². The van der Waals surface area contributed by atoms with Crippen molar-refractivity contribution in [3.8, 4) is 11.5 Å². The fourth-order valence-electron chi connectivity index (χ4n) is 3.52. The maximum atomic E-state index is 12.7. The van der Waals surface area contributed by atoms with Crippen LogP contribution in [0, 0.1) is 6.92 Å². The summed E-state index contributed by atoms with van der Waals surface area (Å²) < 4.78 is 10.6. The number of rotatable bonds is 8. The van der Waals surface area contributed by atoms with Gasteiger partial charge >= 0.3 is 5.97 Å². The fraction of sp³-hybridized carbons (Fsp3) is 0.0667. The molecule has 0 atom stereocenters. The third-order valence-corrected chi connectivity index (χ3v) is 5.48. The van der Waals surface area contributed by atoms with Crippen molar-refractivity contribution in [2.75, 3.05) is 12.4 Å². The number of para-hydroxylation sites is 1. The van der Waals surface area contributed by atoms with Gasteiger partial charge in [0.2, 0.25) is 0 Å². The number of nitrogens with zero attached hydrogens (tertiary/aromatic N) is 1. The van der Waals surface area contributed by atoms with Crippen LogP contribution in [0.15, 0.2) is 102 Å². The molecule has 0 heterocycles. The average Bonchev–Trinajstić information content (AvgIpc) is 2.94. The quantitative estimate of drug-likeness (QED) is 0.147. The molecule has 0 bridgehead atoms. The van der Waals surface area contributed by atoms with Crippen molar-refractivity contribution in [1.82, 2.24) is 5.43 Å². The van der Waals surface area contributed by atoms with Crippen LogP contribution in [0.25, 0.3) is 0 Å². The van der Waals surface area contributed by atoms with E-state index in [1.807, 2.05) is 13.0 Å². The Balaban J connectivity index is 1.39. The largest absolute Gasteiger partial charge is 0.497 e. The lowest BCUT2D eigenvalue weighted by Crippen LogP contribution is -2.18. The maximum Gasteiger partial charge on any atom is 0.343 e. The monoisotopic (exact) mass is 507 g/mol. The normalized spacial score (nSPS) is 10.6. The van der Waals surface area contributed by atoms with Gasteiger partial charge < -0.3 is 14.8 Å². The summed E-state index contributed by atoms with van der Waals surface area (Å²) in [7, 11) is 1.55. The second-order valence-corrected chi connectivity index (χ2v) is 8.26. The Morgan fingerprint density at radius 2 is 1.50 bits per heavy atom. The number of methoxy groups -OCH3 is 1. The van der Waals surface area contributed by atoms with Crippen LogP contribution in [0.5, 0.6) is 11.5 Å². The molecule has 0 aliphatic heterocycles. The number of ether oxygens (including phenoxy) is 2. The summed E-state index contributed by atoms with van der Waals surface area (Å²) in [6.07, 6.45) is 1.39. The Morgan fingerprint density at radius 1 is 0.763 bits per heavy atom. The summed E-state index contributed by atoms with van der Waals surface area (Å²) >= 11 is 0. The molecule has 8 heteroatoms. The van der Waals surface area contributed by atoms with E-state index in [0.717, 1.165) is 5.56 Å². The molecule has 2 N–H and O–H groups in total. The molecule has 38 heavy (non-hydrogen) atoms. The molecular weight excluding hydrogens is 482 g/mol. The van der Waals surface area contributed by atoms with Crippen molar-refractivity contribution in [2.45, 2.75) is 6.92 Å². The fourth-order valence-corrected chi connectivity index (χ4v) is 3.52. The summed E-state index contributed by atoms with van der Waals surface area (Å²) in [5, 5.41) is 6.78. The van der Waals surface area contributed by atoms with Crippen molar-refractivity contribution in [1.29, 1.82) is 0 Å². The molecule has 0 aromatic heterocycles. The van der Waals surface area contributed by atoms with E-state index in [2.05, 4.69) is 15.8 Å². The van der Waals surface area contributed by atoms with Gasteiger partial charge in [-0.05, 0) is 73.7 Å². The van der Waals surface area contributed by atoms with E-state index >= 15 is 0 Å². The van der Waals surface area contributed by atoms with E-state index in [1.54, 1.807) is 98.1 Å². The number of carbonyl (C=O) groups excluding carboxylic acids is 3. The summed E-state index contributed by atoms with van der Waals surface area (Å²) in [5.41, 5.74) is 5.55. The van der Waals surface area contributed by atoms with E-state index in [0.29, 0.717) is 39.4 Å². The van der Waals surface area contributed by atoms with Crippen molar-refractivity contribution >= 4 is 29.7 Å². The second-order valence-electron chi connectivity index (χ2n) is 8.26. The number of aryl methyl sites for hydroxylation is 1. The van der Waals surface area contributed by atoms with E-state index in [1.165, 1.54) is 6.21 Å². The number of carbonyl (C=O) groups is 3. The molecule has 8 nitrogen and oxygen atoms in total. The highest BCUT2D eigenvalue weighted by molar-refractivity contribution is 6.05. The van der Waals surface area contributed by atoms with Crippen LogP contribution < -0.4 is 20.2 Å². The van der Waals surface area contributed by atoms with Crippen LogP contribution in [0.4, 0.5) is 5.69 Å². The van der Waals surface area contributed by atoms with Gasteiger partial charge in [0.1, 0.15) is 11.5 Å². The molecule has 0 saturated carbocycles. The first-order chi connectivity index (χ1) is 18.4. The van der Waals surface area contributed by atoms with Gasteiger partial charge in [0.25, 0.3) is 11.8 Å². The molecule has 0 aliphatic rings. The third kappa shape index (κ3) is 6.70. The molecule has 4 aromatic rings. The van der Waals surface area contributed by atoms with Crippen LogP contribution in [-0.4, -0.2) is 31.1 Å². The predicted octanol–water partition coefficient (Wildman–Crippen LogP) is 5.24. The lowest BCUT2D eigenvalue weighted by atomic mass is 10.1. The minimum Gasteiger partial charge on any atom is -0.497 e. The van der Waals surface area contributed by atoms with E-state index in [4.69, 9.17) is 9.47 Å². The Kier molecular flexibility index (Phi) is 8.25.